The number of likely N-dealkylation sites (tertiary alicyclic amines) is 2. The third kappa shape index (κ3) is 9.57. The van der Waals surface area contributed by atoms with E-state index in [9.17, 15) is 44.1 Å². The molecular weight excluding hydrogens is 1120 g/mol. The third-order valence-corrected chi connectivity index (χ3v) is 23.0. The van der Waals surface area contributed by atoms with Crippen molar-refractivity contribution in [1.29, 1.82) is 0 Å². The van der Waals surface area contributed by atoms with Crippen LogP contribution < -0.4 is 0 Å². The Morgan fingerprint density at radius 3 is 1.40 bits per heavy atom. The molecule has 2 heterocycles. The van der Waals surface area contributed by atoms with E-state index in [1.807, 2.05) is 74.5 Å². The van der Waals surface area contributed by atoms with E-state index in [2.05, 4.69) is 14.5 Å². The molecular formula is C66H79ClF4N2O12. The molecule has 2 saturated heterocycles. The molecule has 460 valence electrons. The van der Waals surface area contributed by atoms with Crippen LogP contribution in [0.15, 0.2) is 108 Å². The van der Waals surface area contributed by atoms with E-state index in [1.165, 1.54) is 36.5 Å². The van der Waals surface area contributed by atoms with Crippen LogP contribution in [0.25, 0.3) is 0 Å². The zero-order valence-corrected chi connectivity index (χ0v) is 49.9. The summed E-state index contributed by atoms with van der Waals surface area (Å²) in [5.74, 6) is -4.02. The van der Waals surface area contributed by atoms with Crippen LogP contribution >= 0.6 is 11.6 Å². The number of aliphatic hydroxyl groups excluding tert-OH is 3. The SMILES string of the molecule is CCOC(=O)Cl.CCOC(=O)OCC(=O)[C@@]12CN(Cc3ccccc3)C[C@@H]1C[C@H]1[C@@H]3C[C@H](F)C4=CC(=O)C=C[C@]4(C)[C@@]3(F)[C@@H](O)C[C@@]12C.C[C@]12C=CC(=O)C=C1[C@@H](F)C[C@H]1[C@@H]3C[C@H]4CN(Cc5ccccc5)C[C@@]4(C(=O)CO)[C@@]3(C)C[C@H](O)[C@@]12F. The quantitative estimate of drug-likeness (QED) is 0.109. The number of rotatable bonds is 11. The van der Waals surface area contributed by atoms with Crippen LogP contribution in [0.1, 0.15) is 91.2 Å². The molecule has 85 heavy (non-hydrogen) atoms. The van der Waals surface area contributed by atoms with Crippen molar-refractivity contribution in [2.24, 2.45) is 68.0 Å². The van der Waals surface area contributed by atoms with Crippen LogP contribution in [0.3, 0.4) is 0 Å². The minimum absolute atomic E-state index is 0.00685. The molecule has 0 bridgehead atoms. The molecule has 0 unspecified atom stereocenters. The fourth-order valence-corrected chi connectivity index (χ4v) is 19.5. The summed E-state index contributed by atoms with van der Waals surface area (Å²) >= 11 is 4.72. The number of allylic oxidation sites excluding steroid dienone is 8. The Morgan fingerprint density at radius 2 is 1.02 bits per heavy atom. The maximum Gasteiger partial charge on any atom is 0.508 e. The lowest BCUT2D eigenvalue weighted by Crippen LogP contribution is -2.69. The summed E-state index contributed by atoms with van der Waals surface area (Å²) in [6.07, 6.45) is 1.68. The van der Waals surface area contributed by atoms with Crippen LogP contribution in [-0.4, -0.2) is 148 Å². The molecule has 8 aliphatic carbocycles. The first-order chi connectivity index (χ1) is 40.2. The largest absolute Gasteiger partial charge is 0.508 e. The van der Waals surface area contributed by atoms with E-state index in [-0.39, 0.29) is 84.3 Å². The van der Waals surface area contributed by atoms with E-state index in [4.69, 9.17) is 21.1 Å². The van der Waals surface area contributed by atoms with Gasteiger partial charge in [-0.05, 0) is 147 Å². The van der Waals surface area contributed by atoms with Crippen LogP contribution in [0.4, 0.5) is 27.2 Å². The second kappa shape index (κ2) is 23.0. The third-order valence-electron chi connectivity index (χ3n) is 22.9. The van der Waals surface area contributed by atoms with Gasteiger partial charge in [-0.15, -0.1) is 0 Å². The van der Waals surface area contributed by atoms with Crippen LogP contribution in [0.2, 0.25) is 0 Å². The van der Waals surface area contributed by atoms with Crippen LogP contribution in [-0.2, 0) is 46.5 Å². The average molecular weight is 1200 g/mol. The molecule has 0 amide bonds. The van der Waals surface area contributed by atoms with Gasteiger partial charge in [0.15, 0.2) is 41.1 Å². The number of hydrogen-bond acceptors (Lipinski definition) is 14. The van der Waals surface area contributed by atoms with Crippen molar-refractivity contribution in [2.45, 2.75) is 129 Å². The highest BCUT2D eigenvalue weighted by atomic mass is 35.5. The van der Waals surface area contributed by atoms with Crippen molar-refractivity contribution in [1.82, 2.24) is 9.80 Å². The maximum atomic E-state index is 17.6. The molecule has 2 aliphatic heterocycles. The summed E-state index contributed by atoms with van der Waals surface area (Å²) in [4.78, 5) is 78.2. The van der Waals surface area contributed by atoms with E-state index in [0.29, 0.717) is 58.7 Å². The van der Waals surface area contributed by atoms with Gasteiger partial charge < -0.3 is 29.5 Å². The Morgan fingerprint density at radius 1 is 0.612 bits per heavy atom. The van der Waals surface area contributed by atoms with Crippen LogP contribution in [0, 0.1) is 68.0 Å². The van der Waals surface area contributed by atoms with Crippen molar-refractivity contribution in [2.75, 3.05) is 52.6 Å². The van der Waals surface area contributed by atoms with E-state index < -0.39 is 111 Å². The number of ketones is 4. The topological polar surface area (TPSA) is 197 Å². The number of fused-ring (bicyclic) bond motifs is 14. The monoisotopic (exact) mass is 1200 g/mol. The number of carbonyl (C=O) groups is 6. The number of aliphatic hydroxyl groups is 3. The molecule has 18 atom stereocenters. The lowest BCUT2D eigenvalue weighted by atomic mass is 9.43. The predicted molar refractivity (Wildman–Crippen MR) is 306 cm³/mol. The minimum Gasteiger partial charge on any atom is -0.454 e. The highest BCUT2D eigenvalue weighted by molar-refractivity contribution is 6.61. The highest BCUT2D eigenvalue weighted by Crippen LogP contribution is 2.76. The fourth-order valence-electron chi connectivity index (χ4n) is 19.3. The van der Waals surface area contributed by atoms with E-state index in [1.54, 1.807) is 27.7 Å². The first-order valence-electron chi connectivity index (χ1n) is 29.9. The lowest BCUT2D eigenvalue weighted by molar-refractivity contribution is -0.212. The molecule has 2 aromatic carbocycles. The summed E-state index contributed by atoms with van der Waals surface area (Å²) in [5.41, 5.74) is -9.28. The van der Waals surface area contributed by atoms with Gasteiger partial charge in [0.05, 0.1) is 36.3 Å². The number of halogens is 5. The summed E-state index contributed by atoms with van der Waals surface area (Å²) in [7, 11) is 0. The number of Topliss-reactive ketones (excluding diaryl/α,β-unsaturated/α-hetero) is 2. The lowest BCUT2D eigenvalue weighted by Gasteiger charge is -2.63. The average Bonchev–Trinajstić information content (AvgIpc) is 1.62. The van der Waals surface area contributed by atoms with Gasteiger partial charge >= 0.3 is 11.6 Å². The summed E-state index contributed by atoms with van der Waals surface area (Å²) in [6.45, 7) is 13.0. The first-order valence-corrected chi connectivity index (χ1v) is 30.3. The number of carbonyl (C=O) groups excluding carboxylic acids is 6. The molecule has 19 heteroatoms. The number of benzene rings is 2. The summed E-state index contributed by atoms with van der Waals surface area (Å²) in [5, 5.41) is 33.5. The molecule has 2 aromatic rings. The number of ether oxygens (including phenoxy) is 3. The standard InChI is InChI=1S/C33H39F2NO6.C30H35F2NO4.C3H5ClO2/c1-4-41-29(40)42-18-28(39)32-19-36(16-20-8-6-5-7-9-20)17-21(32)12-23-24-14-26(34)25-13-22(37)10-11-30(25,2)33(24,35)27(38)15-31(23,32)3;1-27-9-8-20(35)11-23(27)24(31)12-22-21-10-19-15-33(14-18-6-4-3-5-7-18)17-29(19,26(37)16-34)28(21,2)13-25(36)30(22,27)32;1-2-6-3(4)5/h5-11,13,21,23-24,26-27,38H,4,12,14-19H2,1-3H3;3-9,11,19,21-22,24-25,34,36H,10,12-17H2,1-2H3;2H2,1H3/t21-,23-,24-,26-,27-,30-,31-,32+,33-;19-,21-,22-,24-,25-,27-,28-,29+,30-;/m00./s1. The molecule has 0 aromatic heterocycles. The number of alkyl halides is 4. The molecule has 6 saturated carbocycles. The van der Waals surface area contributed by atoms with Crippen molar-refractivity contribution in [3.05, 3.63) is 119 Å². The van der Waals surface area contributed by atoms with Crippen LogP contribution in [0.5, 0.6) is 0 Å². The van der Waals surface area contributed by atoms with Gasteiger partial charge in [-0.3, -0.25) is 29.0 Å². The fraction of sp³-hybridized carbons (Fsp3) is 0.606. The van der Waals surface area contributed by atoms with E-state index in [0.717, 1.165) is 11.1 Å². The molecule has 3 N–H and O–H groups in total. The second-order valence-corrected chi connectivity index (χ2v) is 26.8. The number of hydrogen-bond donors (Lipinski definition) is 3. The van der Waals surface area contributed by atoms with Gasteiger partial charge in [0.1, 0.15) is 19.0 Å². The molecule has 8 fully saturated rings. The van der Waals surface area contributed by atoms with Gasteiger partial charge in [-0.25, -0.2) is 27.2 Å². The van der Waals surface area contributed by atoms with Crippen molar-refractivity contribution in [3.63, 3.8) is 0 Å². The second-order valence-electron chi connectivity index (χ2n) is 26.5. The van der Waals surface area contributed by atoms with Crippen molar-refractivity contribution >= 4 is 46.3 Å². The minimum atomic E-state index is -2.21. The van der Waals surface area contributed by atoms with Gasteiger partial charge in [0, 0.05) is 73.5 Å². The smallest absolute Gasteiger partial charge is 0.454 e. The number of nitrogens with zero attached hydrogens (tertiary/aromatic N) is 2. The normalized spacial score (nSPS) is 41.7. The first kappa shape index (κ1) is 62.7. The molecule has 10 aliphatic rings. The molecule has 12 rings (SSSR count). The Hall–Kier alpha value is -5.37. The zero-order chi connectivity index (χ0) is 61.5. The van der Waals surface area contributed by atoms with Gasteiger partial charge in [-0.1, -0.05) is 86.7 Å². The molecule has 0 radical (unpaired) electrons. The van der Waals surface area contributed by atoms with Crippen molar-refractivity contribution < 1.29 is 75.9 Å². The zero-order valence-electron chi connectivity index (χ0n) is 49.1. The summed E-state index contributed by atoms with van der Waals surface area (Å²) < 4.78 is 80.9. The molecule has 0 spiro atoms. The Kier molecular flexibility index (Phi) is 16.9. The Bertz CT molecular complexity index is 3090. The van der Waals surface area contributed by atoms with E-state index >= 15 is 17.6 Å². The maximum absolute atomic E-state index is 17.6. The Balaban J connectivity index is 0.000000174. The van der Waals surface area contributed by atoms with Gasteiger partial charge in [-0.2, -0.15) is 0 Å². The van der Waals surface area contributed by atoms with Gasteiger partial charge in [0.25, 0.3) is 0 Å². The molecule has 14 nitrogen and oxygen atoms in total. The van der Waals surface area contributed by atoms with Gasteiger partial charge in [0.2, 0.25) is 0 Å². The van der Waals surface area contributed by atoms with Crippen molar-refractivity contribution in [3.8, 4) is 0 Å². The predicted octanol–water partition coefficient (Wildman–Crippen LogP) is 9.75. The summed E-state index contributed by atoms with van der Waals surface area (Å²) in [6, 6.07) is 19.9. The Labute approximate surface area is 499 Å². The highest BCUT2D eigenvalue weighted by Gasteiger charge is 2.80.